The van der Waals surface area contributed by atoms with Crippen LogP contribution in [-0.4, -0.2) is 33.6 Å². The van der Waals surface area contributed by atoms with Gasteiger partial charge < -0.3 is 20.4 Å². The normalized spacial score (nSPS) is 12.5. The molecule has 0 unspecified atom stereocenters. The van der Waals surface area contributed by atoms with Gasteiger partial charge in [-0.3, -0.25) is 0 Å². The molecule has 0 saturated heterocycles. The molecular formula is C34H54O4. The Morgan fingerprint density at radius 3 is 1.29 bits per heavy atom. The highest BCUT2D eigenvalue weighted by molar-refractivity contribution is 5.56. The molecule has 0 saturated carbocycles. The minimum atomic E-state index is -0.163. The first-order valence-electron chi connectivity index (χ1n) is 15.0. The number of phenols is 2. The Labute approximate surface area is 232 Å². The average molecular weight is 527 g/mol. The van der Waals surface area contributed by atoms with Crippen molar-refractivity contribution < 1.29 is 20.4 Å². The molecule has 214 valence electrons. The van der Waals surface area contributed by atoms with Crippen molar-refractivity contribution in [3.8, 4) is 11.5 Å². The Balaban J connectivity index is 2.91. The van der Waals surface area contributed by atoms with Crippen LogP contribution in [0.5, 0.6) is 11.5 Å². The predicted molar refractivity (Wildman–Crippen MR) is 160 cm³/mol. The van der Waals surface area contributed by atoms with Crippen LogP contribution in [0, 0.1) is 0 Å². The summed E-state index contributed by atoms with van der Waals surface area (Å²) in [6.45, 7) is 15.5. The molecule has 0 spiro atoms. The Morgan fingerprint density at radius 1 is 0.632 bits per heavy atom. The molecule has 2 aromatic carbocycles. The van der Waals surface area contributed by atoms with Crippen molar-refractivity contribution >= 4 is 0 Å². The van der Waals surface area contributed by atoms with Gasteiger partial charge in [0, 0.05) is 41.4 Å². The molecule has 0 fully saturated rings. The molecule has 0 radical (unpaired) electrons. The predicted octanol–water partition coefficient (Wildman–Crippen LogP) is 8.04. The standard InChI is InChI=1S/C34H54O4/c1-8-15-26(27-20-24(16-13-18-35)22-29(31(27)37)33(6,9-2)10-3)28-21-25(17-14-19-36)23-30(32(28)38)34(7,11-4)12-5/h20-23,26,35-38H,8-19H2,1-7H3. The van der Waals surface area contributed by atoms with Crippen molar-refractivity contribution in [3.05, 3.63) is 57.6 Å². The second-order valence-corrected chi connectivity index (χ2v) is 11.7. The summed E-state index contributed by atoms with van der Waals surface area (Å²) in [5.41, 5.74) is 5.61. The van der Waals surface area contributed by atoms with E-state index in [9.17, 15) is 20.4 Å². The third-order valence-corrected chi connectivity index (χ3v) is 9.40. The van der Waals surface area contributed by atoms with Gasteiger partial charge in [-0.1, -0.05) is 79.2 Å². The molecule has 0 aliphatic rings. The van der Waals surface area contributed by atoms with Crippen LogP contribution in [0.2, 0.25) is 0 Å². The Bertz CT molecular complexity index is 938. The summed E-state index contributed by atoms with van der Waals surface area (Å²) < 4.78 is 0. The Morgan fingerprint density at radius 2 is 1.00 bits per heavy atom. The van der Waals surface area contributed by atoms with Crippen LogP contribution in [0.4, 0.5) is 0 Å². The molecule has 4 heteroatoms. The van der Waals surface area contributed by atoms with Crippen molar-refractivity contribution in [1.82, 2.24) is 0 Å². The molecule has 0 bridgehead atoms. The van der Waals surface area contributed by atoms with E-state index in [1.807, 2.05) is 0 Å². The first kappa shape index (κ1) is 32.2. The van der Waals surface area contributed by atoms with Gasteiger partial charge in [0.05, 0.1) is 0 Å². The highest BCUT2D eigenvalue weighted by atomic mass is 16.3. The summed E-state index contributed by atoms with van der Waals surface area (Å²) in [5.74, 6) is 0.535. The topological polar surface area (TPSA) is 80.9 Å². The van der Waals surface area contributed by atoms with Gasteiger partial charge in [0.25, 0.3) is 0 Å². The summed E-state index contributed by atoms with van der Waals surface area (Å²) in [5, 5.41) is 42.8. The number of aliphatic hydroxyl groups excluding tert-OH is 2. The smallest absolute Gasteiger partial charge is 0.123 e. The second kappa shape index (κ2) is 14.4. The zero-order valence-electron chi connectivity index (χ0n) is 25.2. The van der Waals surface area contributed by atoms with E-state index in [-0.39, 0.29) is 30.0 Å². The molecule has 0 amide bonds. The van der Waals surface area contributed by atoms with Crippen molar-refractivity contribution in [3.63, 3.8) is 0 Å². The molecule has 0 heterocycles. The van der Waals surface area contributed by atoms with E-state index in [2.05, 4.69) is 72.7 Å². The first-order chi connectivity index (χ1) is 18.1. The van der Waals surface area contributed by atoms with Crippen molar-refractivity contribution in [2.75, 3.05) is 13.2 Å². The third kappa shape index (κ3) is 6.93. The Hall–Kier alpha value is -2.04. The maximum Gasteiger partial charge on any atom is 0.123 e. The number of hydrogen-bond acceptors (Lipinski definition) is 4. The molecule has 2 aromatic rings. The van der Waals surface area contributed by atoms with E-state index >= 15 is 0 Å². The summed E-state index contributed by atoms with van der Waals surface area (Å²) in [4.78, 5) is 0. The molecule has 0 aromatic heterocycles. The summed E-state index contributed by atoms with van der Waals surface area (Å²) in [6.07, 6.45) is 8.21. The lowest BCUT2D eigenvalue weighted by atomic mass is 9.72. The van der Waals surface area contributed by atoms with Gasteiger partial charge in [-0.25, -0.2) is 0 Å². The maximum atomic E-state index is 11.9. The number of aromatic hydroxyl groups is 2. The van der Waals surface area contributed by atoms with Gasteiger partial charge in [-0.15, -0.1) is 0 Å². The number of aryl methyl sites for hydroxylation is 2. The molecule has 0 aliphatic heterocycles. The van der Waals surface area contributed by atoms with Crippen molar-refractivity contribution in [1.29, 1.82) is 0 Å². The minimum Gasteiger partial charge on any atom is -0.507 e. The van der Waals surface area contributed by atoms with Crippen molar-refractivity contribution in [2.45, 2.75) is 129 Å². The van der Waals surface area contributed by atoms with Crippen LogP contribution in [0.1, 0.15) is 139 Å². The van der Waals surface area contributed by atoms with E-state index < -0.39 is 0 Å². The van der Waals surface area contributed by atoms with Crippen LogP contribution >= 0.6 is 0 Å². The van der Waals surface area contributed by atoms with E-state index in [0.717, 1.165) is 84.7 Å². The van der Waals surface area contributed by atoms with Gasteiger partial charge in [0.2, 0.25) is 0 Å². The van der Waals surface area contributed by atoms with Crippen LogP contribution in [0.3, 0.4) is 0 Å². The van der Waals surface area contributed by atoms with Crippen LogP contribution in [0.25, 0.3) is 0 Å². The zero-order chi connectivity index (χ0) is 28.5. The number of benzene rings is 2. The fourth-order valence-corrected chi connectivity index (χ4v) is 5.77. The fraction of sp³-hybridized carbons (Fsp3) is 0.647. The zero-order valence-corrected chi connectivity index (χ0v) is 25.2. The summed E-state index contributed by atoms with van der Waals surface area (Å²) >= 11 is 0. The van der Waals surface area contributed by atoms with Crippen LogP contribution in [0.15, 0.2) is 24.3 Å². The van der Waals surface area contributed by atoms with Gasteiger partial charge in [0.1, 0.15) is 11.5 Å². The van der Waals surface area contributed by atoms with Gasteiger partial charge >= 0.3 is 0 Å². The maximum absolute atomic E-state index is 11.9. The lowest BCUT2D eigenvalue weighted by molar-refractivity contribution is 0.288. The van der Waals surface area contributed by atoms with Crippen LogP contribution in [-0.2, 0) is 23.7 Å². The molecule has 38 heavy (non-hydrogen) atoms. The fourth-order valence-electron chi connectivity index (χ4n) is 5.77. The molecule has 0 atom stereocenters. The van der Waals surface area contributed by atoms with Gasteiger partial charge in [-0.05, 0) is 79.7 Å². The van der Waals surface area contributed by atoms with E-state index in [0.29, 0.717) is 24.3 Å². The van der Waals surface area contributed by atoms with E-state index in [4.69, 9.17) is 0 Å². The highest BCUT2D eigenvalue weighted by Gasteiger charge is 2.33. The molecule has 2 rings (SSSR count). The number of aliphatic hydroxyl groups is 2. The summed E-state index contributed by atoms with van der Waals surface area (Å²) in [7, 11) is 0. The van der Waals surface area contributed by atoms with Gasteiger partial charge in [0.15, 0.2) is 0 Å². The third-order valence-electron chi connectivity index (χ3n) is 9.40. The van der Waals surface area contributed by atoms with Crippen molar-refractivity contribution in [2.24, 2.45) is 0 Å². The monoisotopic (exact) mass is 526 g/mol. The quantitative estimate of drug-likeness (QED) is 0.178. The molecule has 4 nitrogen and oxygen atoms in total. The molecular weight excluding hydrogens is 472 g/mol. The van der Waals surface area contributed by atoms with E-state index in [1.165, 1.54) is 0 Å². The number of rotatable bonds is 16. The highest BCUT2D eigenvalue weighted by Crippen LogP contribution is 2.48. The first-order valence-corrected chi connectivity index (χ1v) is 15.0. The van der Waals surface area contributed by atoms with Gasteiger partial charge in [-0.2, -0.15) is 0 Å². The lowest BCUT2D eigenvalue weighted by Crippen LogP contribution is -2.22. The van der Waals surface area contributed by atoms with E-state index in [1.54, 1.807) is 0 Å². The largest absolute Gasteiger partial charge is 0.507 e. The Kier molecular flexibility index (Phi) is 12.2. The lowest BCUT2D eigenvalue weighted by Gasteiger charge is -2.33. The molecule has 4 N–H and O–H groups in total. The minimum absolute atomic E-state index is 0.131. The SMILES string of the molecule is CCCC(c1cc(CCCO)cc(C(C)(CC)CC)c1O)c1cc(CCCO)cc(C(C)(CC)CC)c1O. The molecule has 0 aliphatic carbocycles. The second-order valence-electron chi connectivity index (χ2n) is 11.7. The summed E-state index contributed by atoms with van der Waals surface area (Å²) in [6, 6.07) is 8.50. The number of phenolic OH excluding ortho intramolecular Hbond substituents is 2. The van der Waals surface area contributed by atoms with Crippen LogP contribution < -0.4 is 0 Å². The number of hydrogen-bond donors (Lipinski definition) is 4. The average Bonchev–Trinajstić information content (AvgIpc) is 2.94.